The number of fused-ring (bicyclic) bond motifs is 1. The van der Waals surface area contributed by atoms with Crippen LogP contribution >= 0.6 is 35.3 Å². The number of nitrogens with zero attached hydrogens (tertiary/aromatic N) is 3. The van der Waals surface area contributed by atoms with Crippen molar-refractivity contribution in [2.24, 2.45) is 0 Å². The zero-order valence-corrected chi connectivity index (χ0v) is 19.1. The molecule has 0 aliphatic heterocycles. The van der Waals surface area contributed by atoms with Crippen LogP contribution in [0.3, 0.4) is 0 Å². The normalized spacial score (nSPS) is 10.8. The third-order valence-electron chi connectivity index (χ3n) is 4.69. The molecule has 2 aromatic carbocycles. The molecule has 0 aliphatic rings. The predicted octanol–water partition coefficient (Wildman–Crippen LogP) is 5.37. The minimum absolute atomic E-state index is 0. The Morgan fingerprint density at radius 3 is 2.55 bits per heavy atom. The Labute approximate surface area is 186 Å². The Bertz CT molecular complexity index is 960. The molecule has 0 unspecified atom stereocenters. The van der Waals surface area contributed by atoms with E-state index in [1.54, 1.807) is 24.1 Å². The van der Waals surface area contributed by atoms with E-state index in [9.17, 15) is 4.79 Å². The quantitative estimate of drug-likeness (QED) is 0.459. The van der Waals surface area contributed by atoms with E-state index in [2.05, 4.69) is 18.7 Å². The van der Waals surface area contributed by atoms with Gasteiger partial charge in [-0.1, -0.05) is 48.9 Å². The monoisotopic (exact) mass is 453 g/mol. The maximum atomic E-state index is 13.4. The number of ether oxygens (including phenoxy) is 1. The lowest BCUT2D eigenvalue weighted by Gasteiger charge is -2.25. The summed E-state index contributed by atoms with van der Waals surface area (Å²) in [4.78, 5) is 22.1. The molecule has 0 saturated heterocycles. The van der Waals surface area contributed by atoms with Crippen molar-refractivity contribution in [3.8, 4) is 5.75 Å². The number of carbonyl (C=O) groups excluding carboxylic acids is 1. The van der Waals surface area contributed by atoms with E-state index < -0.39 is 0 Å². The Morgan fingerprint density at radius 1 is 1.14 bits per heavy atom. The SMILES string of the molecule is CCN(CC)CCN(C(=O)c1ccccc1OC)c1nc2ccc(Cl)cc2s1.Cl. The van der Waals surface area contributed by atoms with Gasteiger partial charge in [-0.2, -0.15) is 0 Å². The lowest BCUT2D eigenvalue weighted by molar-refractivity contribution is 0.0981. The first kappa shape index (κ1) is 23.4. The summed E-state index contributed by atoms with van der Waals surface area (Å²) < 4.78 is 6.36. The Kier molecular flexibility index (Phi) is 8.71. The number of halogens is 2. The molecular weight excluding hydrogens is 429 g/mol. The number of anilines is 1. The molecule has 0 spiro atoms. The van der Waals surface area contributed by atoms with Gasteiger partial charge in [0.25, 0.3) is 5.91 Å². The van der Waals surface area contributed by atoms with Gasteiger partial charge in [-0.05, 0) is 43.4 Å². The van der Waals surface area contributed by atoms with Gasteiger partial charge in [-0.3, -0.25) is 9.69 Å². The second-order valence-electron chi connectivity index (χ2n) is 6.29. The number of likely N-dealkylation sites (N-methyl/N-ethyl adjacent to an activating group) is 1. The molecule has 0 bridgehead atoms. The summed E-state index contributed by atoms with van der Waals surface area (Å²) in [6.07, 6.45) is 0. The van der Waals surface area contributed by atoms with Crippen LogP contribution in [-0.2, 0) is 0 Å². The number of hydrogen-bond acceptors (Lipinski definition) is 5. The maximum Gasteiger partial charge on any atom is 0.263 e. The molecule has 1 amide bonds. The molecule has 0 N–H and O–H groups in total. The van der Waals surface area contributed by atoms with Gasteiger partial charge >= 0.3 is 0 Å². The van der Waals surface area contributed by atoms with Crippen LogP contribution in [0.5, 0.6) is 5.75 Å². The molecule has 8 heteroatoms. The second kappa shape index (κ2) is 10.8. The van der Waals surface area contributed by atoms with Crippen molar-refractivity contribution in [3.63, 3.8) is 0 Å². The van der Waals surface area contributed by atoms with Gasteiger partial charge in [0.1, 0.15) is 5.75 Å². The standard InChI is InChI=1S/C21H24ClN3O2S.ClH/c1-4-24(5-2)12-13-25(20(26)16-8-6-7-9-18(16)27-3)21-23-17-11-10-15(22)14-19(17)28-21;/h6-11,14H,4-5,12-13H2,1-3H3;1H. The third-order valence-corrected chi connectivity index (χ3v) is 5.96. The zero-order valence-electron chi connectivity index (χ0n) is 16.7. The van der Waals surface area contributed by atoms with Crippen LogP contribution in [0.2, 0.25) is 5.02 Å². The van der Waals surface area contributed by atoms with Crippen molar-refractivity contribution >= 4 is 56.6 Å². The van der Waals surface area contributed by atoms with Crippen molar-refractivity contribution < 1.29 is 9.53 Å². The van der Waals surface area contributed by atoms with E-state index in [0.717, 1.165) is 29.9 Å². The van der Waals surface area contributed by atoms with Crippen LogP contribution in [0, 0.1) is 0 Å². The molecular formula is C21H25Cl2N3O2S. The van der Waals surface area contributed by atoms with E-state index in [0.29, 0.717) is 28.0 Å². The molecule has 1 aromatic heterocycles. The highest BCUT2D eigenvalue weighted by Gasteiger charge is 2.24. The summed E-state index contributed by atoms with van der Waals surface area (Å²) in [5.41, 5.74) is 1.37. The Morgan fingerprint density at radius 2 is 1.86 bits per heavy atom. The molecule has 0 fully saturated rings. The molecule has 156 valence electrons. The lowest BCUT2D eigenvalue weighted by Crippen LogP contribution is -2.39. The smallest absolute Gasteiger partial charge is 0.263 e. The van der Waals surface area contributed by atoms with Crippen molar-refractivity contribution in [3.05, 3.63) is 53.1 Å². The van der Waals surface area contributed by atoms with E-state index in [-0.39, 0.29) is 18.3 Å². The van der Waals surface area contributed by atoms with Gasteiger partial charge in [0, 0.05) is 18.1 Å². The number of benzene rings is 2. The average molecular weight is 454 g/mol. The first-order valence-corrected chi connectivity index (χ1v) is 10.5. The largest absolute Gasteiger partial charge is 0.496 e. The van der Waals surface area contributed by atoms with Crippen LogP contribution < -0.4 is 9.64 Å². The molecule has 0 aliphatic carbocycles. The predicted molar refractivity (Wildman–Crippen MR) is 124 cm³/mol. The fourth-order valence-electron chi connectivity index (χ4n) is 3.03. The van der Waals surface area contributed by atoms with Gasteiger partial charge in [0.2, 0.25) is 0 Å². The highest BCUT2D eigenvalue weighted by Crippen LogP contribution is 2.32. The van der Waals surface area contributed by atoms with Gasteiger partial charge < -0.3 is 9.64 Å². The minimum atomic E-state index is -0.116. The molecule has 3 rings (SSSR count). The number of methoxy groups -OCH3 is 1. The van der Waals surface area contributed by atoms with Crippen molar-refractivity contribution in [1.82, 2.24) is 9.88 Å². The number of rotatable bonds is 8. The minimum Gasteiger partial charge on any atom is -0.496 e. The number of para-hydroxylation sites is 1. The fourth-order valence-corrected chi connectivity index (χ4v) is 4.30. The molecule has 0 radical (unpaired) electrons. The second-order valence-corrected chi connectivity index (χ2v) is 7.74. The number of hydrogen-bond donors (Lipinski definition) is 0. The Balaban J connectivity index is 0.00000300. The zero-order chi connectivity index (χ0) is 20.1. The summed E-state index contributed by atoms with van der Waals surface area (Å²) in [6, 6.07) is 12.9. The molecule has 0 atom stereocenters. The van der Waals surface area contributed by atoms with E-state index in [4.69, 9.17) is 21.3 Å². The fraction of sp³-hybridized carbons (Fsp3) is 0.333. The molecule has 3 aromatic rings. The van der Waals surface area contributed by atoms with E-state index in [1.807, 2.05) is 30.3 Å². The van der Waals surface area contributed by atoms with Gasteiger partial charge in [0.15, 0.2) is 5.13 Å². The molecule has 5 nitrogen and oxygen atoms in total. The number of amides is 1. The number of aromatic nitrogens is 1. The van der Waals surface area contributed by atoms with Crippen molar-refractivity contribution in [1.29, 1.82) is 0 Å². The topological polar surface area (TPSA) is 45.7 Å². The van der Waals surface area contributed by atoms with Gasteiger partial charge in [0.05, 0.1) is 22.9 Å². The highest BCUT2D eigenvalue weighted by atomic mass is 35.5. The third kappa shape index (κ3) is 5.39. The summed E-state index contributed by atoms with van der Waals surface area (Å²) in [5.74, 6) is 0.444. The van der Waals surface area contributed by atoms with Crippen molar-refractivity contribution in [2.75, 3.05) is 38.2 Å². The van der Waals surface area contributed by atoms with Crippen molar-refractivity contribution in [2.45, 2.75) is 13.8 Å². The summed E-state index contributed by atoms with van der Waals surface area (Å²) >= 11 is 7.59. The van der Waals surface area contributed by atoms with Crippen LogP contribution in [0.25, 0.3) is 10.2 Å². The van der Waals surface area contributed by atoms with Crippen LogP contribution in [0.15, 0.2) is 42.5 Å². The van der Waals surface area contributed by atoms with Gasteiger partial charge in [-0.25, -0.2) is 4.98 Å². The number of carbonyl (C=O) groups is 1. The highest BCUT2D eigenvalue weighted by molar-refractivity contribution is 7.22. The summed E-state index contributed by atoms with van der Waals surface area (Å²) in [7, 11) is 1.58. The van der Waals surface area contributed by atoms with Crippen LogP contribution in [-0.4, -0.2) is 49.1 Å². The van der Waals surface area contributed by atoms with Gasteiger partial charge in [-0.15, -0.1) is 12.4 Å². The Hall–Kier alpha value is -1.86. The van der Waals surface area contributed by atoms with E-state index >= 15 is 0 Å². The maximum absolute atomic E-state index is 13.4. The number of thiazole rings is 1. The van der Waals surface area contributed by atoms with E-state index in [1.165, 1.54) is 11.3 Å². The van der Waals surface area contributed by atoms with Crippen LogP contribution in [0.4, 0.5) is 5.13 Å². The summed E-state index contributed by atoms with van der Waals surface area (Å²) in [5, 5.41) is 1.33. The van der Waals surface area contributed by atoms with Crippen LogP contribution in [0.1, 0.15) is 24.2 Å². The molecule has 0 saturated carbocycles. The molecule has 1 heterocycles. The lowest BCUT2D eigenvalue weighted by atomic mass is 10.1. The average Bonchev–Trinajstić information content (AvgIpc) is 3.13. The first-order valence-electron chi connectivity index (χ1n) is 9.30. The summed E-state index contributed by atoms with van der Waals surface area (Å²) in [6.45, 7) is 7.42. The first-order chi connectivity index (χ1) is 13.6. The molecule has 29 heavy (non-hydrogen) atoms.